The molecule has 1 fully saturated rings. The van der Waals surface area contributed by atoms with Gasteiger partial charge in [0.2, 0.25) is 0 Å². The number of aromatic hydroxyl groups is 1. The number of piperazine rings is 1. The molecule has 1 heterocycles. The first-order chi connectivity index (χ1) is 9.22. The number of phenols is 1. The number of hydrogen-bond acceptors (Lipinski definition) is 3. The molecule has 0 aromatic heterocycles. The van der Waals surface area contributed by atoms with Crippen LogP contribution in [0.4, 0.5) is 0 Å². The molecule has 21 heavy (non-hydrogen) atoms. The molecule has 0 saturated carbocycles. The van der Waals surface area contributed by atoms with Crippen molar-refractivity contribution in [2.75, 3.05) is 26.2 Å². The van der Waals surface area contributed by atoms with Crippen LogP contribution >= 0.6 is 40.7 Å². The fraction of sp³-hybridized carbons (Fsp3) is 0.467. The number of benzene rings is 1. The standard InChI is InChI=1S/C15H21BrN2O.2ClH/c1-2-3-4-14(18-9-7-17-8-10-18)13-11-12(16)5-6-15(13)19;;/h2,5-6,11,14,17,19H,1,3-4,7-10H2;2*1H/t14-;;/m1../s1. The second-order valence-corrected chi connectivity index (χ2v) is 5.79. The summed E-state index contributed by atoms with van der Waals surface area (Å²) in [6.07, 6.45) is 3.90. The minimum Gasteiger partial charge on any atom is -0.508 e. The Morgan fingerprint density at radius 2 is 2.00 bits per heavy atom. The number of nitrogens with one attached hydrogen (secondary N) is 1. The molecule has 1 aliphatic heterocycles. The normalized spacial score (nSPS) is 16.4. The molecular weight excluding hydrogens is 375 g/mol. The van der Waals surface area contributed by atoms with Gasteiger partial charge >= 0.3 is 0 Å². The Kier molecular flexibility index (Phi) is 10.3. The van der Waals surface area contributed by atoms with Crippen molar-refractivity contribution in [2.24, 2.45) is 0 Å². The molecule has 1 aromatic carbocycles. The molecule has 0 aliphatic carbocycles. The number of allylic oxidation sites excluding steroid dienone is 1. The number of phenolic OH excluding ortho intramolecular Hbond substituents is 1. The van der Waals surface area contributed by atoms with Crippen molar-refractivity contribution in [3.8, 4) is 5.75 Å². The van der Waals surface area contributed by atoms with Crippen molar-refractivity contribution in [1.29, 1.82) is 0 Å². The van der Waals surface area contributed by atoms with Crippen LogP contribution in [0.2, 0.25) is 0 Å². The number of nitrogens with zero attached hydrogens (tertiary/aromatic N) is 1. The van der Waals surface area contributed by atoms with Gasteiger partial charge in [-0.05, 0) is 31.0 Å². The third kappa shape index (κ3) is 5.80. The molecule has 1 aliphatic rings. The highest BCUT2D eigenvalue weighted by Crippen LogP contribution is 2.34. The van der Waals surface area contributed by atoms with Crippen LogP contribution in [-0.2, 0) is 0 Å². The summed E-state index contributed by atoms with van der Waals surface area (Å²) in [6.45, 7) is 7.88. The Hall–Kier alpha value is -0.260. The molecule has 2 N–H and O–H groups in total. The van der Waals surface area contributed by atoms with Gasteiger partial charge in [-0.25, -0.2) is 0 Å². The van der Waals surface area contributed by atoms with Gasteiger partial charge in [-0.3, -0.25) is 4.90 Å². The van der Waals surface area contributed by atoms with Crippen LogP contribution in [0, 0.1) is 0 Å². The summed E-state index contributed by atoms with van der Waals surface area (Å²) in [5.41, 5.74) is 1.01. The molecule has 0 radical (unpaired) electrons. The van der Waals surface area contributed by atoms with E-state index in [2.05, 4.69) is 32.7 Å². The number of hydrogen-bond donors (Lipinski definition) is 2. The predicted octanol–water partition coefficient (Wildman–Crippen LogP) is 3.91. The number of halogens is 3. The Morgan fingerprint density at radius 3 is 2.62 bits per heavy atom. The van der Waals surface area contributed by atoms with Gasteiger partial charge in [-0.1, -0.05) is 22.0 Å². The Bertz CT molecular complexity index is 440. The highest BCUT2D eigenvalue weighted by atomic mass is 79.9. The molecule has 0 unspecified atom stereocenters. The van der Waals surface area contributed by atoms with Crippen molar-refractivity contribution in [1.82, 2.24) is 10.2 Å². The first kappa shape index (κ1) is 20.7. The van der Waals surface area contributed by atoms with Gasteiger partial charge in [0, 0.05) is 42.3 Å². The van der Waals surface area contributed by atoms with E-state index in [4.69, 9.17) is 0 Å². The lowest BCUT2D eigenvalue weighted by Crippen LogP contribution is -2.45. The molecule has 0 amide bonds. The van der Waals surface area contributed by atoms with Crippen LogP contribution < -0.4 is 5.32 Å². The zero-order valence-corrected chi connectivity index (χ0v) is 15.1. The minimum atomic E-state index is 0. The van der Waals surface area contributed by atoms with Crippen LogP contribution in [0.3, 0.4) is 0 Å². The number of rotatable bonds is 5. The van der Waals surface area contributed by atoms with Gasteiger partial charge in [0.25, 0.3) is 0 Å². The summed E-state index contributed by atoms with van der Waals surface area (Å²) in [5, 5.41) is 13.5. The van der Waals surface area contributed by atoms with E-state index in [-0.39, 0.29) is 30.9 Å². The van der Waals surface area contributed by atoms with Gasteiger partial charge in [0.1, 0.15) is 5.75 Å². The lowest BCUT2D eigenvalue weighted by molar-refractivity contribution is 0.163. The van der Waals surface area contributed by atoms with Crippen molar-refractivity contribution < 1.29 is 5.11 Å². The SMILES string of the molecule is C=CCC[C@H](c1cc(Br)ccc1O)N1CCNCC1.Cl.Cl. The molecule has 0 spiro atoms. The molecule has 3 nitrogen and oxygen atoms in total. The van der Waals surface area contributed by atoms with E-state index >= 15 is 0 Å². The second-order valence-electron chi connectivity index (χ2n) is 4.87. The lowest BCUT2D eigenvalue weighted by atomic mass is 9.98. The van der Waals surface area contributed by atoms with E-state index in [9.17, 15) is 5.11 Å². The smallest absolute Gasteiger partial charge is 0.120 e. The topological polar surface area (TPSA) is 35.5 Å². The first-order valence-corrected chi connectivity index (χ1v) is 7.55. The molecule has 1 aromatic rings. The fourth-order valence-electron chi connectivity index (χ4n) is 2.60. The van der Waals surface area contributed by atoms with Crippen LogP contribution in [0.5, 0.6) is 5.75 Å². The lowest BCUT2D eigenvalue weighted by Gasteiger charge is -2.35. The summed E-state index contributed by atoms with van der Waals surface area (Å²) in [7, 11) is 0. The molecule has 1 saturated heterocycles. The van der Waals surface area contributed by atoms with Gasteiger partial charge in [0.05, 0.1) is 0 Å². The van der Waals surface area contributed by atoms with Gasteiger partial charge in [-0.15, -0.1) is 31.4 Å². The Morgan fingerprint density at radius 1 is 1.33 bits per heavy atom. The second kappa shape index (κ2) is 10.5. The summed E-state index contributed by atoms with van der Waals surface area (Å²) in [6, 6.07) is 5.94. The van der Waals surface area contributed by atoms with E-state index in [0.717, 1.165) is 49.1 Å². The monoisotopic (exact) mass is 396 g/mol. The third-order valence-electron chi connectivity index (χ3n) is 3.59. The highest BCUT2D eigenvalue weighted by molar-refractivity contribution is 9.10. The maximum atomic E-state index is 10.1. The quantitative estimate of drug-likeness (QED) is 0.739. The van der Waals surface area contributed by atoms with Gasteiger partial charge in [0.15, 0.2) is 0 Å². The van der Waals surface area contributed by atoms with Gasteiger partial charge < -0.3 is 10.4 Å². The van der Waals surface area contributed by atoms with Crippen LogP contribution in [0.25, 0.3) is 0 Å². The predicted molar refractivity (Wildman–Crippen MR) is 96.9 cm³/mol. The van der Waals surface area contributed by atoms with Crippen molar-refractivity contribution in [3.63, 3.8) is 0 Å². The first-order valence-electron chi connectivity index (χ1n) is 6.76. The van der Waals surface area contributed by atoms with Crippen molar-refractivity contribution >= 4 is 40.7 Å². The highest BCUT2D eigenvalue weighted by Gasteiger charge is 2.23. The summed E-state index contributed by atoms with van der Waals surface area (Å²) < 4.78 is 1.01. The fourth-order valence-corrected chi connectivity index (χ4v) is 2.98. The minimum absolute atomic E-state index is 0. The Labute approximate surface area is 147 Å². The van der Waals surface area contributed by atoms with E-state index in [1.165, 1.54) is 0 Å². The molecule has 6 heteroatoms. The zero-order chi connectivity index (χ0) is 13.7. The third-order valence-corrected chi connectivity index (χ3v) is 4.08. The summed E-state index contributed by atoms with van der Waals surface area (Å²) in [5.74, 6) is 0.385. The van der Waals surface area contributed by atoms with Crippen molar-refractivity contribution in [2.45, 2.75) is 18.9 Å². The van der Waals surface area contributed by atoms with E-state index in [0.29, 0.717) is 5.75 Å². The summed E-state index contributed by atoms with van der Waals surface area (Å²) >= 11 is 3.49. The molecule has 120 valence electrons. The van der Waals surface area contributed by atoms with Crippen LogP contribution in [-0.4, -0.2) is 36.2 Å². The van der Waals surface area contributed by atoms with Crippen LogP contribution in [0.1, 0.15) is 24.4 Å². The van der Waals surface area contributed by atoms with E-state index in [1.54, 1.807) is 6.07 Å². The van der Waals surface area contributed by atoms with Gasteiger partial charge in [-0.2, -0.15) is 0 Å². The largest absolute Gasteiger partial charge is 0.508 e. The average molecular weight is 398 g/mol. The molecule has 0 bridgehead atoms. The Balaban J connectivity index is 0.00000200. The van der Waals surface area contributed by atoms with E-state index in [1.807, 2.05) is 18.2 Å². The molecule has 2 rings (SSSR count). The maximum Gasteiger partial charge on any atom is 0.120 e. The molecule has 1 atom stereocenters. The zero-order valence-electron chi connectivity index (χ0n) is 11.9. The van der Waals surface area contributed by atoms with Crippen molar-refractivity contribution in [3.05, 3.63) is 40.9 Å². The average Bonchev–Trinajstić information content (AvgIpc) is 2.44. The molecular formula is C15H23BrCl2N2O. The van der Waals surface area contributed by atoms with E-state index < -0.39 is 0 Å². The summed E-state index contributed by atoms with van der Waals surface area (Å²) in [4.78, 5) is 2.45. The maximum absolute atomic E-state index is 10.1. The van der Waals surface area contributed by atoms with Crippen LogP contribution in [0.15, 0.2) is 35.3 Å².